The zero-order valence-electron chi connectivity index (χ0n) is 21.3. The number of benzene rings is 2. The van der Waals surface area contributed by atoms with Crippen LogP contribution >= 0.6 is 0 Å². The number of ether oxygens (including phenoxy) is 2. The molecule has 0 radical (unpaired) electrons. The van der Waals surface area contributed by atoms with Crippen molar-refractivity contribution in [3.05, 3.63) is 59.7 Å². The maximum Gasteiger partial charge on any atom is 0.408 e. The first kappa shape index (κ1) is 26.6. The molecule has 0 aromatic heterocycles. The molecule has 3 amide bonds. The van der Waals surface area contributed by atoms with Gasteiger partial charge in [-0.2, -0.15) is 0 Å². The van der Waals surface area contributed by atoms with E-state index in [9.17, 15) is 14.4 Å². The molecule has 2 unspecified atom stereocenters. The Balaban J connectivity index is 1.94. The molecule has 1 fully saturated rings. The van der Waals surface area contributed by atoms with Gasteiger partial charge in [-0.05, 0) is 76.4 Å². The van der Waals surface area contributed by atoms with Crippen molar-refractivity contribution < 1.29 is 23.9 Å². The SMILES string of the molecule is C#Cc1ccccc1C(C(=O)Nc1ccc(OC)cc1)N(C(=O)C(C)NC(=O)OC(C)(C)C)C1CC1. The molecule has 2 N–H and O–H groups in total. The lowest BCUT2D eigenvalue weighted by molar-refractivity contribution is -0.141. The van der Waals surface area contributed by atoms with E-state index >= 15 is 0 Å². The molecule has 0 bridgehead atoms. The molecule has 3 rings (SSSR count). The van der Waals surface area contributed by atoms with Crippen LogP contribution in [-0.4, -0.2) is 47.6 Å². The normalized spacial score (nSPS) is 14.6. The molecule has 2 aromatic rings. The molecule has 8 heteroatoms. The molecule has 2 aromatic carbocycles. The molecule has 0 saturated heterocycles. The van der Waals surface area contributed by atoms with Gasteiger partial charge in [-0.3, -0.25) is 9.59 Å². The van der Waals surface area contributed by atoms with E-state index in [0.717, 1.165) is 12.8 Å². The van der Waals surface area contributed by atoms with Crippen molar-refractivity contribution in [1.29, 1.82) is 0 Å². The zero-order chi connectivity index (χ0) is 26.5. The van der Waals surface area contributed by atoms with Crippen LogP contribution in [0.25, 0.3) is 0 Å². The number of hydrogen-bond donors (Lipinski definition) is 2. The van der Waals surface area contributed by atoms with Gasteiger partial charge in [0, 0.05) is 17.3 Å². The van der Waals surface area contributed by atoms with Gasteiger partial charge in [-0.15, -0.1) is 6.42 Å². The minimum Gasteiger partial charge on any atom is -0.497 e. The van der Waals surface area contributed by atoms with Crippen LogP contribution in [-0.2, 0) is 14.3 Å². The average molecular weight is 492 g/mol. The van der Waals surface area contributed by atoms with Gasteiger partial charge in [0.1, 0.15) is 23.4 Å². The third-order valence-corrected chi connectivity index (χ3v) is 5.59. The molecule has 190 valence electrons. The fourth-order valence-corrected chi connectivity index (χ4v) is 3.81. The van der Waals surface area contributed by atoms with Gasteiger partial charge in [-0.1, -0.05) is 24.1 Å². The first-order chi connectivity index (χ1) is 17.0. The summed E-state index contributed by atoms with van der Waals surface area (Å²) in [6, 6.07) is 11.9. The van der Waals surface area contributed by atoms with Crippen molar-refractivity contribution in [3.8, 4) is 18.1 Å². The van der Waals surface area contributed by atoms with Gasteiger partial charge in [0.2, 0.25) is 5.91 Å². The summed E-state index contributed by atoms with van der Waals surface area (Å²) in [6.07, 6.45) is 6.54. The van der Waals surface area contributed by atoms with Crippen LogP contribution in [0.3, 0.4) is 0 Å². The summed E-state index contributed by atoms with van der Waals surface area (Å²) in [6.45, 7) is 6.80. The Morgan fingerprint density at radius 3 is 2.28 bits per heavy atom. The van der Waals surface area contributed by atoms with E-state index < -0.39 is 35.6 Å². The molecular weight excluding hydrogens is 458 g/mol. The van der Waals surface area contributed by atoms with E-state index in [2.05, 4.69) is 16.6 Å². The predicted molar refractivity (Wildman–Crippen MR) is 137 cm³/mol. The lowest BCUT2D eigenvalue weighted by atomic mass is 9.97. The standard InChI is InChI=1S/C28H33N3O5/c1-7-19-10-8-9-11-23(19)24(25(32)30-20-12-16-22(35-6)17-13-20)31(21-14-15-21)26(33)18(2)29-27(34)36-28(3,4)5/h1,8-13,16-18,21,24H,14-15H2,2-6H3,(H,29,34)(H,30,32). The van der Waals surface area contributed by atoms with Crippen LogP contribution in [0, 0.1) is 12.3 Å². The third-order valence-electron chi connectivity index (χ3n) is 5.59. The van der Waals surface area contributed by atoms with Crippen molar-refractivity contribution in [2.75, 3.05) is 12.4 Å². The van der Waals surface area contributed by atoms with Gasteiger partial charge < -0.3 is 25.0 Å². The zero-order valence-corrected chi connectivity index (χ0v) is 21.3. The Hall–Kier alpha value is -3.99. The molecule has 0 aliphatic heterocycles. The summed E-state index contributed by atoms with van der Waals surface area (Å²) < 4.78 is 10.5. The molecule has 1 saturated carbocycles. The van der Waals surface area contributed by atoms with Crippen LogP contribution in [0.5, 0.6) is 5.75 Å². The van der Waals surface area contributed by atoms with E-state index in [1.807, 2.05) is 0 Å². The summed E-state index contributed by atoms with van der Waals surface area (Å²) in [4.78, 5) is 41.3. The molecule has 0 heterocycles. The highest BCUT2D eigenvalue weighted by Crippen LogP contribution is 2.37. The highest BCUT2D eigenvalue weighted by molar-refractivity contribution is 5.99. The second-order valence-corrected chi connectivity index (χ2v) is 9.70. The quantitative estimate of drug-likeness (QED) is 0.538. The number of carbonyl (C=O) groups is 3. The van der Waals surface area contributed by atoms with Gasteiger partial charge >= 0.3 is 6.09 Å². The topological polar surface area (TPSA) is 97.0 Å². The second kappa shape index (κ2) is 11.2. The molecule has 1 aliphatic rings. The van der Waals surface area contributed by atoms with Gasteiger partial charge in [-0.25, -0.2) is 4.79 Å². The highest BCUT2D eigenvalue weighted by Gasteiger charge is 2.43. The molecule has 0 spiro atoms. The lowest BCUT2D eigenvalue weighted by Crippen LogP contribution is -2.52. The minimum atomic E-state index is -0.998. The Bertz CT molecular complexity index is 1140. The molecule has 36 heavy (non-hydrogen) atoms. The molecule has 2 atom stereocenters. The number of terminal acetylenes is 1. The van der Waals surface area contributed by atoms with Gasteiger partial charge in [0.05, 0.1) is 7.11 Å². The maximum absolute atomic E-state index is 13.7. The average Bonchev–Trinajstić information content (AvgIpc) is 3.66. The Morgan fingerprint density at radius 2 is 1.72 bits per heavy atom. The highest BCUT2D eigenvalue weighted by atomic mass is 16.6. The van der Waals surface area contributed by atoms with Crippen LogP contribution in [0.4, 0.5) is 10.5 Å². The van der Waals surface area contributed by atoms with E-state index in [1.165, 1.54) is 4.90 Å². The van der Waals surface area contributed by atoms with Crippen LogP contribution in [0.1, 0.15) is 57.7 Å². The van der Waals surface area contributed by atoms with Crippen LogP contribution in [0.2, 0.25) is 0 Å². The Labute approximate surface area is 212 Å². The number of nitrogens with zero attached hydrogens (tertiary/aromatic N) is 1. The van der Waals surface area contributed by atoms with Crippen LogP contribution in [0.15, 0.2) is 48.5 Å². The number of carbonyl (C=O) groups excluding carboxylic acids is 3. The summed E-state index contributed by atoms with van der Waals surface area (Å²) >= 11 is 0. The summed E-state index contributed by atoms with van der Waals surface area (Å²) in [5, 5.41) is 5.50. The Kier molecular flexibility index (Phi) is 8.25. The fourth-order valence-electron chi connectivity index (χ4n) is 3.81. The number of methoxy groups -OCH3 is 1. The minimum absolute atomic E-state index is 0.155. The van der Waals surface area contributed by atoms with Crippen molar-refractivity contribution in [2.24, 2.45) is 0 Å². The lowest BCUT2D eigenvalue weighted by Gasteiger charge is -2.34. The number of anilines is 1. The van der Waals surface area contributed by atoms with Crippen molar-refractivity contribution >= 4 is 23.6 Å². The Morgan fingerprint density at radius 1 is 1.08 bits per heavy atom. The molecule has 1 aliphatic carbocycles. The molecular formula is C28H33N3O5. The number of amides is 3. The third kappa shape index (κ3) is 6.79. The van der Waals surface area contributed by atoms with Crippen molar-refractivity contribution in [1.82, 2.24) is 10.2 Å². The predicted octanol–water partition coefficient (Wildman–Crippen LogP) is 4.26. The first-order valence-electron chi connectivity index (χ1n) is 11.9. The van der Waals surface area contributed by atoms with Crippen molar-refractivity contribution in [3.63, 3.8) is 0 Å². The number of nitrogens with one attached hydrogen (secondary N) is 2. The molecule has 8 nitrogen and oxygen atoms in total. The van der Waals surface area contributed by atoms with Gasteiger partial charge in [0.15, 0.2) is 0 Å². The van der Waals surface area contributed by atoms with E-state index in [1.54, 1.807) is 83.3 Å². The fraction of sp³-hybridized carbons (Fsp3) is 0.393. The van der Waals surface area contributed by atoms with E-state index in [4.69, 9.17) is 15.9 Å². The largest absolute Gasteiger partial charge is 0.497 e. The second-order valence-electron chi connectivity index (χ2n) is 9.70. The van der Waals surface area contributed by atoms with Crippen molar-refractivity contribution in [2.45, 2.75) is 64.3 Å². The van der Waals surface area contributed by atoms with Crippen LogP contribution < -0.4 is 15.4 Å². The van der Waals surface area contributed by atoms with Gasteiger partial charge in [0.25, 0.3) is 5.91 Å². The smallest absolute Gasteiger partial charge is 0.408 e. The van der Waals surface area contributed by atoms with E-state index in [-0.39, 0.29) is 6.04 Å². The number of alkyl carbamates (subject to hydrolysis) is 1. The summed E-state index contributed by atoms with van der Waals surface area (Å²) in [7, 11) is 1.56. The maximum atomic E-state index is 13.7. The number of hydrogen-bond acceptors (Lipinski definition) is 5. The summed E-state index contributed by atoms with van der Waals surface area (Å²) in [5.74, 6) is 2.47. The first-order valence-corrected chi connectivity index (χ1v) is 11.9. The van der Waals surface area contributed by atoms with E-state index in [0.29, 0.717) is 22.6 Å². The summed E-state index contributed by atoms with van der Waals surface area (Å²) in [5.41, 5.74) is 0.886. The monoisotopic (exact) mass is 491 g/mol. The number of rotatable bonds is 8.